The zero-order chi connectivity index (χ0) is 24.4. The summed E-state index contributed by atoms with van der Waals surface area (Å²) in [5.41, 5.74) is 1.50. The average molecular weight is 471 g/mol. The van der Waals surface area contributed by atoms with Crippen molar-refractivity contribution in [2.24, 2.45) is 13.0 Å². The molecule has 0 bridgehead atoms. The van der Waals surface area contributed by atoms with Gasteiger partial charge in [-0.1, -0.05) is 19.3 Å². The second-order valence-corrected chi connectivity index (χ2v) is 9.47. The Balaban J connectivity index is 1.47. The van der Waals surface area contributed by atoms with Crippen LogP contribution in [-0.4, -0.2) is 76.2 Å². The molecule has 34 heavy (non-hydrogen) atoms. The third-order valence-corrected chi connectivity index (χ3v) is 7.34. The number of hydrogen-bond acceptors (Lipinski definition) is 4. The van der Waals surface area contributed by atoms with Crippen molar-refractivity contribution in [1.29, 1.82) is 0 Å². The number of nitrogens with one attached hydrogen (secondary N) is 1. The van der Waals surface area contributed by atoms with Crippen molar-refractivity contribution in [2.45, 2.75) is 51.1 Å². The lowest BCUT2D eigenvalue weighted by Crippen LogP contribution is -2.61. The molecular formula is C25H34N4O5. The highest BCUT2D eigenvalue weighted by atomic mass is 16.5. The molecule has 2 fully saturated rings. The molecule has 1 aromatic carbocycles. The van der Waals surface area contributed by atoms with Crippen molar-refractivity contribution in [3.05, 3.63) is 30.0 Å². The quantitative estimate of drug-likeness (QED) is 0.699. The Morgan fingerprint density at radius 3 is 2.50 bits per heavy atom. The number of methoxy groups -OCH3 is 1. The first-order valence-corrected chi connectivity index (χ1v) is 12.0. The predicted octanol–water partition coefficient (Wildman–Crippen LogP) is 3.08. The van der Waals surface area contributed by atoms with E-state index in [0.717, 1.165) is 48.8 Å². The van der Waals surface area contributed by atoms with Crippen LogP contribution in [0.4, 0.5) is 4.79 Å². The van der Waals surface area contributed by atoms with Gasteiger partial charge < -0.3 is 29.5 Å². The van der Waals surface area contributed by atoms with Crippen molar-refractivity contribution in [3.8, 4) is 5.75 Å². The summed E-state index contributed by atoms with van der Waals surface area (Å²) in [5.74, 6) is 0.502. The number of amides is 3. The van der Waals surface area contributed by atoms with E-state index in [1.165, 1.54) is 0 Å². The summed E-state index contributed by atoms with van der Waals surface area (Å²) in [5, 5.41) is 12.8. The zero-order valence-electron chi connectivity index (χ0n) is 20.1. The Morgan fingerprint density at radius 2 is 1.85 bits per heavy atom. The molecule has 2 aliphatic rings. The number of piperazine rings is 1. The second kappa shape index (κ2) is 9.95. The minimum atomic E-state index is -1.17. The van der Waals surface area contributed by atoms with Crippen LogP contribution < -0.4 is 10.1 Å². The number of aromatic nitrogens is 1. The fraction of sp³-hybridized carbons (Fsp3) is 0.560. The average Bonchev–Trinajstić information content (AvgIpc) is 3.17. The first-order chi connectivity index (χ1) is 16.3. The molecule has 0 radical (unpaired) electrons. The van der Waals surface area contributed by atoms with Gasteiger partial charge in [-0.25, -0.2) is 4.79 Å². The van der Waals surface area contributed by atoms with Crippen molar-refractivity contribution in [3.63, 3.8) is 0 Å². The van der Waals surface area contributed by atoms with E-state index in [1.807, 2.05) is 42.8 Å². The first kappa shape index (κ1) is 23.9. The van der Waals surface area contributed by atoms with E-state index < -0.39 is 12.1 Å². The molecule has 2 heterocycles. The fourth-order valence-corrected chi connectivity index (χ4v) is 5.43. The van der Waals surface area contributed by atoms with E-state index in [4.69, 9.17) is 4.74 Å². The lowest BCUT2D eigenvalue weighted by molar-refractivity contribution is -0.139. The summed E-state index contributed by atoms with van der Waals surface area (Å²) in [7, 11) is 3.48. The van der Waals surface area contributed by atoms with Crippen molar-refractivity contribution >= 4 is 28.8 Å². The summed E-state index contributed by atoms with van der Waals surface area (Å²) in [6.07, 6.45) is 3.71. The molecule has 4 rings (SSSR count). The van der Waals surface area contributed by atoms with Crippen molar-refractivity contribution < 1.29 is 24.2 Å². The van der Waals surface area contributed by atoms with E-state index in [-0.39, 0.29) is 23.8 Å². The zero-order valence-corrected chi connectivity index (χ0v) is 20.1. The van der Waals surface area contributed by atoms with E-state index >= 15 is 0 Å². The van der Waals surface area contributed by atoms with E-state index in [9.17, 15) is 19.5 Å². The number of ether oxygens (including phenoxy) is 1. The van der Waals surface area contributed by atoms with Crippen LogP contribution in [0.2, 0.25) is 0 Å². The highest BCUT2D eigenvalue weighted by Gasteiger charge is 2.38. The largest absolute Gasteiger partial charge is 0.497 e. The summed E-state index contributed by atoms with van der Waals surface area (Å²) in [4.78, 5) is 41.7. The van der Waals surface area contributed by atoms with Gasteiger partial charge in [-0.15, -0.1) is 0 Å². The Kier molecular flexibility index (Phi) is 7.00. The molecule has 1 saturated carbocycles. The number of benzene rings is 1. The smallest absolute Gasteiger partial charge is 0.405 e. The first-order valence-electron chi connectivity index (χ1n) is 12.0. The highest BCUT2D eigenvalue weighted by molar-refractivity contribution is 5.99. The van der Waals surface area contributed by atoms with Gasteiger partial charge in [0.25, 0.3) is 5.91 Å². The number of carbonyl (C=O) groups excluding carboxylic acids is 2. The lowest BCUT2D eigenvalue weighted by atomic mass is 9.83. The maximum absolute atomic E-state index is 13.4. The number of carboxylic acid groups (broad SMARTS) is 1. The Hall–Kier alpha value is -3.23. The van der Waals surface area contributed by atoms with Crippen LogP contribution in [0.3, 0.4) is 0 Å². The molecule has 1 saturated heterocycles. The molecule has 184 valence electrons. The molecule has 9 nitrogen and oxygen atoms in total. The minimum Gasteiger partial charge on any atom is -0.497 e. The third kappa shape index (κ3) is 4.69. The van der Waals surface area contributed by atoms with Gasteiger partial charge in [0.2, 0.25) is 5.91 Å². The fourth-order valence-electron chi connectivity index (χ4n) is 5.43. The van der Waals surface area contributed by atoms with Gasteiger partial charge in [-0.2, -0.15) is 0 Å². The highest BCUT2D eigenvalue weighted by Crippen LogP contribution is 2.29. The molecule has 3 amide bonds. The van der Waals surface area contributed by atoms with Crippen LogP contribution in [0.25, 0.3) is 10.9 Å². The monoisotopic (exact) mass is 470 g/mol. The van der Waals surface area contributed by atoms with E-state index in [2.05, 4.69) is 5.32 Å². The van der Waals surface area contributed by atoms with Gasteiger partial charge in [0.15, 0.2) is 0 Å². The maximum atomic E-state index is 13.4. The summed E-state index contributed by atoms with van der Waals surface area (Å²) >= 11 is 0. The number of hydrogen-bond donors (Lipinski definition) is 2. The third-order valence-electron chi connectivity index (χ3n) is 7.34. The van der Waals surface area contributed by atoms with Gasteiger partial charge in [-0.3, -0.25) is 9.59 Å². The van der Waals surface area contributed by atoms with Crippen molar-refractivity contribution in [1.82, 2.24) is 19.7 Å². The molecular weight excluding hydrogens is 436 g/mol. The predicted molar refractivity (Wildman–Crippen MR) is 128 cm³/mol. The van der Waals surface area contributed by atoms with Crippen LogP contribution >= 0.6 is 0 Å². The van der Waals surface area contributed by atoms with Gasteiger partial charge in [-0.05, 0) is 43.9 Å². The Bertz CT molecular complexity index is 1070. The maximum Gasteiger partial charge on any atom is 0.405 e. The summed E-state index contributed by atoms with van der Waals surface area (Å²) < 4.78 is 7.18. The van der Waals surface area contributed by atoms with Crippen LogP contribution in [0.1, 0.15) is 49.5 Å². The molecule has 1 unspecified atom stereocenters. The topological polar surface area (TPSA) is 104 Å². The SMILES string of the molecule is COc1ccc2cc(C(=O)N3CCN(C(=O)C(NC(=O)O)C4CCCCC4)[C@@H](C)C3)n(C)c2c1. The molecule has 1 aliphatic heterocycles. The standard InChI is InChI=1S/C25H34N4O5/c1-16-15-28(23(30)21-13-18-9-10-19(34-3)14-20(18)27(21)2)11-12-29(16)24(31)22(26-25(32)33)17-7-5-4-6-8-17/h9-10,13-14,16-17,22,26H,4-8,11-12,15H2,1-3H3,(H,32,33)/t16-,22?/m0/s1. The lowest BCUT2D eigenvalue weighted by Gasteiger charge is -2.42. The van der Waals surface area contributed by atoms with Gasteiger partial charge in [0.1, 0.15) is 17.5 Å². The number of carbonyl (C=O) groups is 3. The van der Waals surface area contributed by atoms with Crippen LogP contribution in [0.5, 0.6) is 5.75 Å². The molecule has 0 spiro atoms. The van der Waals surface area contributed by atoms with Gasteiger partial charge >= 0.3 is 6.09 Å². The van der Waals surface area contributed by atoms with Crippen LogP contribution in [0.15, 0.2) is 24.3 Å². The van der Waals surface area contributed by atoms with Crippen LogP contribution in [-0.2, 0) is 11.8 Å². The molecule has 2 atom stereocenters. The molecule has 1 aliphatic carbocycles. The molecule has 1 aromatic heterocycles. The van der Waals surface area contributed by atoms with Crippen LogP contribution in [0, 0.1) is 5.92 Å². The Labute approximate surface area is 199 Å². The van der Waals surface area contributed by atoms with Crippen molar-refractivity contribution in [2.75, 3.05) is 26.7 Å². The summed E-state index contributed by atoms with van der Waals surface area (Å²) in [6, 6.07) is 6.67. The molecule has 2 aromatic rings. The molecule has 2 N–H and O–H groups in total. The number of rotatable bonds is 5. The summed E-state index contributed by atoms with van der Waals surface area (Å²) in [6.45, 7) is 3.11. The number of fused-ring (bicyclic) bond motifs is 1. The number of aryl methyl sites for hydroxylation is 1. The molecule has 9 heteroatoms. The normalized spacial score (nSPS) is 20.3. The Morgan fingerprint density at radius 1 is 1.12 bits per heavy atom. The van der Waals surface area contributed by atoms with E-state index in [1.54, 1.807) is 16.9 Å². The second-order valence-electron chi connectivity index (χ2n) is 9.47. The van der Waals surface area contributed by atoms with E-state index in [0.29, 0.717) is 25.3 Å². The minimum absolute atomic E-state index is 0.0250. The number of nitrogens with zero attached hydrogens (tertiary/aromatic N) is 3. The van der Waals surface area contributed by atoms with Gasteiger partial charge in [0.05, 0.1) is 12.6 Å². The van der Waals surface area contributed by atoms with Gasteiger partial charge in [0, 0.05) is 44.2 Å².